The number of aromatic hydroxyl groups is 1. The van der Waals surface area contributed by atoms with E-state index in [1.165, 1.54) is 0 Å². The van der Waals surface area contributed by atoms with E-state index in [0.717, 1.165) is 35.3 Å². The van der Waals surface area contributed by atoms with Crippen LogP contribution in [0.1, 0.15) is 23.6 Å². The van der Waals surface area contributed by atoms with Crippen molar-refractivity contribution in [1.82, 2.24) is 0 Å². The summed E-state index contributed by atoms with van der Waals surface area (Å²) in [7, 11) is 0. The quantitative estimate of drug-likeness (QED) is 0.703. The van der Waals surface area contributed by atoms with Gasteiger partial charge in [-0.15, -0.1) is 0 Å². The molecule has 0 spiro atoms. The van der Waals surface area contributed by atoms with E-state index in [-0.39, 0.29) is 5.91 Å². The van der Waals surface area contributed by atoms with Gasteiger partial charge in [0.25, 0.3) is 0 Å². The number of aryl methyl sites for hydroxylation is 1. The number of hydrogen-bond acceptors (Lipinski definition) is 2. The number of phenols is 1. The van der Waals surface area contributed by atoms with Crippen LogP contribution in [0.5, 0.6) is 5.75 Å². The van der Waals surface area contributed by atoms with Gasteiger partial charge >= 0.3 is 0 Å². The van der Waals surface area contributed by atoms with E-state index in [1.54, 1.807) is 17.9 Å². The zero-order valence-electron chi connectivity index (χ0n) is 9.29. The lowest BCUT2D eigenvalue weighted by Gasteiger charge is -2.18. The molecule has 1 aliphatic heterocycles. The van der Waals surface area contributed by atoms with Gasteiger partial charge in [0, 0.05) is 13.5 Å². The van der Waals surface area contributed by atoms with Crippen LogP contribution in [0.15, 0.2) is 6.07 Å². The van der Waals surface area contributed by atoms with Gasteiger partial charge < -0.3 is 10.0 Å². The highest BCUT2D eigenvalue weighted by Crippen LogP contribution is 2.38. The van der Waals surface area contributed by atoms with Crippen molar-refractivity contribution in [3.63, 3.8) is 0 Å². The molecule has 0 atom stereocenters. The Bertz CT molecular complexity index is 438. The lowest BCUT2D eigenvalue weighted by atomic mass is 10.0. The molecule has 3 heteroatoms. The predicted octanol–water partition coefficient (Wildman–Crippen LogP) is 1.92. The maximum atomic E-state index is 11.4. The first-order chi connectivity index (χ1) is 7.02. The van der Waals surface area contributed by atoms with Crippen LogP contribution >= 0.6 is 0 Å². The molecule has 0 aromatic heterocycles. The Balaban J connectivity index is 2.63. The number of benzene rings is 1. The number of fused-ring (bicyclic) bond motifs is 1. The predicted molar refractivity (Wildman–Crippen MR) is 59.3 cm³/mol. The molecule has 1 amide bonds. The fourth-order valence-electron chi connectivity index (χ4n) is 2.28. The highest BCUT2D eigenvalue weighted by molar-refractivity contribution is 5.95. The van der Waals surface area contributed by atoms with Crippen molar-refractivity contribution in [1.29, 1.82) is 0 Å². The molecule has 2 rings (SSSR count). The molecule has 1 heterocycles. The minimum absolute atomic E-state index is 0.0712. The third-order valence-corrected chi connectivity index (χ3v) is 3.08. The van der Waals surface area contributed by atoms with Gasteiger partial charge in [0.15, 0.2) is 0 Å². The van der Waals surface area contributed by atoms with Crippen LogP contribution in [-0.4, -0.2) is 17.6 Å². The number of hydrogen-bond donors (Lipinski definition) is 1. The summed E-state index contributed by atoms with van der Waals surface area (Å²) in [6.07, 6.45) is 0.843. The highest BCUT2D eigenvalue weighted by atomic mass is 16.3. The molecule has 0 fully saturated rings. The number of rotatable bonds is 0. The lowest BCUT2D eigenvalue weighted by Crippen LogP contribution is -2.26. The van der Waals surface area contributed by atoms with E-state index in [0.29, 0.717) is 5.75 Å². The van der Waals surface area contributed by atoms with E-state index < -0.39 is 0 Å². The summed E-state index contributed by atoms with van der Waals surface area (Å²) in [4.78, 5) is 13.2. The number of carbonyl (C=O) groups excluding carboxylic acids is 1. The smallest absolute Gasteiger partial charge is 0.223 e. The van der Waals surface area contributed by atoms with Crippen molar-refractivity contribution in [3.05, 3.63) is 22.8 Å². The summed E-state index contributed by atoms with van der Waals surface area (Å²) in [5.41, 5.74) is 3.99. The van der Waals surface area contributed by atoms with Crippen molar-refractivity contribution in [2.24, 2.45) is 0 Å². The molecular weight excluding hydrogens is 190 g/mol. The van der Waals surface area contributed by atoms with Crippen LogP contribution in [-0.2, 0) is 11.2 Å². The number of amides is 1. The van der Waals surface area contributed by atoms with Gasteiger partial charge in [0.1, 0.15) is 5.75 Å². The van der Waals surface area contributed by atoms with E-state index in [9.17, 15) is 9.90 Å². The topological polar surface area (TPSA) is 40.5 Å². The second-order valence-corrected chi connectivity index (χ2v) is 4.09. The van der Waals surface area contributed by atoms with Crippen LogP contribution in [0.4, 0.5) is 5.69 Å². The molecule has 1 aromatic rings. The maximum Gasteiger partial charge on any atom is 0.223 e. The Morgan fingerprint density at radius 1 is 1.47 bits per heavy atom. The molecule has 0 saturated heterocycles. The second kappa shape index (κ2) is 3.26. The fraction of sp³-hybridized carbons (Fsp3) is 0.417. The molecule has 1 aliphatic rings. The number of anilines is 1. The highest BCUT2D eigenvalue weighted by Gasteiger charge is 2.26. The Labute approximate surface area is 89.3 Å². The molecule has 15 heavy (non-hydrogen) atoms. The fourth-order valence-corrected chi connectivity index (χ4v) is 2.28. The monoisotopic (exact) mass is 205 g/mol. The number of nitrogens with zero attached hydrogens (tertiary/aromatic N) is 1. The number of carbonyl (C=O) groups is 1. The summed E-state index contributed by atoms with van der Waals surface area (Å²) in [5, 5.41) is 9.69. The third kappa shape index (κ3) is 1.39. The van der Waals surface area contributed by atoms with Crippen LogP contribution in [0, 0.1) is 13.8 Å². The normalized spacial score (nSPS) is 14.2. The first-order valence-corrected chi connectivity index (χ1v) is 5.12. The molecule has 3 nitrogen and oxygen atoms in total. The Kier molecular flexibility index (Phi) is 2.18. The maximum absolute atomic E-state index is 11.4. The Morgan fingerprint density at radius 3 is 2.73 bits per heavy atom. The van der Waals surface area contributed by atoms with Gasteiger partial charge in [0.2, 0.25) is 5.91 Å². The van der Waals surface area contributed by atoms with E-state index in [2.05, 4.69) is 0 Å². The summed E-state index contributed by atoms with van der Waals surface area (Å²) in [6.45, 7) is 6.14. The summed E-state index contributed by atoms with van der Waals surface area (Å²) in [6, 6.07) is 1.73. The van der Waals surface area contributed by atoms with Gasteiger partial charge in [-0.05, 0) is 43.0 Å². The standard InChI is InChI=1S/C12H15NO2/c1-7-6-11(15)8(2)10-4-5-13(9(3)14)12(7)10/h6,15H,4-5H2,1-3H3. The Hall–Kier alpha value is -1.51. The van der Waals surface area contributed by atoms with Crippen LogP contribution in [0.25, 0.3) is 0 Å². The van der Waals surface area contributed by atoms with Crippen molar-refractivity contribution in [2.45, 2.75) is 27.2 Å². The molecule has 80 valence electrons. The van der Waals surface area contributed by atoms with Gasteiger partial charge in [-0.2, -0.15) is 0 Å². The Morgan fingerprint density at radius 2 is 2.13 bits per heavy atom. The first kappa shape index (κ1) is 10.0. The molecular formula is C12H15NO2. The summed E-state index contributed by atoms with van der Waals surface area (Å²) >= 11 is 0. The summed E-state index contributed by atoms with van der Waals surface area (Å²) in [5.74, 6) is 0.401. The van der Waals surface area contributed by atoms with Crippen molar-refractivity contribution in [2.75, 3.05) is 11.4 Å². The first-order valence-electron chi connectivity index (χ1n) is 5.12. The van der Waals surface area contributed by atoms with Crippen molar-refractivity contribution in [3.8, 4) is 5.75 Å². The molecule has 1 aromatic carbocycles. The van der Waals surface area contributed by atoms with Crippen LogP contribution < -0.4 is 4.90 Å². The summed E-state index contributed by atoms with van der Waals surface area (Å²) < 4.78 is 0. The minimum Gasteiger partial charge on any atom is -0.508 e. The average molecular weight is 205 g/mol. The molecule has 0 bridgehead atoms. The largest absolute Gasteiger partial charge is 0.508 e. The van der Waals surface area contributed by atoms with Crippen LogP contribution in [0.3, 0.4) is 0 Å². The van der Waals surface area contributed by atoms with E-state index >= 15 is 0 Å². The molecule has 0 radical (unpaired) electrons. The van der Waals surface area contributed by atoms with Crippen molar-refractivity contribution < 1.29 is 9.90 Å². The third-order valence-electron chi connectivity index (χ3n) is 3.08. The van der Waals surface area contributed by atoms with Crippen LogP contribution in [0.2, 0.25) is 0 Å². The average Bonchev–Trinajstić information content (AvgIpc) is 2.58. The van der Waals surface area contributed by atoms with Crippen molar-refractivity contribution >= 4 is 11.6 Å². The van der Waals surface area contributed by atoms with Gasteiger partial charge in [0.05, 0.1) is 5.69 Å². The zero-order valence-corrected chi connectivity index (χ0v) is 9.29. The lowest BCUT2D eigenvalue weighted by molar-refractivity contribution is -0.116. The SMILES string of the molecule is CC(=O)N1CCc2c(C)c(O)cc(C)c21. The van der Waals surface area contributed by atoms with Gasteiger partial charge in [-0.25, -0.2) is 0 Å². The molecule has 0 unspecified atom stereocenters. The minimum atomic E-state index is 0.0712. The second-order valence-electron chi connectivity index (χ2n) is 4.09. The molecule has 0 saturated carbocycles. The number of phenolic OH excluding ortho intramolecular Hbond substituents is 1. The van der Waals surface area contributed by atoms with E-state index in [1.807, 2.05) is 13.8 Å². The zero-order chi connectivity index (χ0) is 11.2. The molecule has 0 aliphatic carbocycles. The van der Waals surface area contributed by atoms with Gasteiger partial charge in [-0.1, -0.05) is 0 Å². The van der Waals surface area contributed by atoms with E-state index in [4.69, 9.17) is 0 Å². The van der Waals surface area contributed by atoms with Gasteiger partial charge in [-0.3, -0.25) is 4.79 Å². The molecule has 1 N–H and O–H groups in total.